The molecule has 1 saturated heterocycles. The number of carbonyl (C=O) groups excluding carboxylic acids is 2. The van der Waals surface area contributed by atoms with E-state index in [1.807, 2.05) is 11.9 Å². The van der Waals surface area contributed by atoms with Crippen LogP contribution in [0.3, 0.4) is 0 Å². The van der Waals surface area contributed by atoms with Crippen molar-refractivity contribution in [1.29, 1.82) is 0 Å². The van der Waals surface area contributed by atoms with Crippen molar-refractivity contribution in [2.24, 2.45) is 0 Å². The minimum absolute atomic E-state index is 0.0383. The maximum atomic E-state index is 12.9. The maximum Gasteiger partial charge on any atom is 0.238 e. The summed E-state index contributed by atoms with van der Waals surface area (Å²) < 4.78 is 12.9. The first-order valence-corrected chi connectivity index (χ1v) is 6.95. The van der Waals surface area contributed by atoms with Gasteiger partial charge in [0.05, 0.1) is 6.42 Å². The summed E-state index contributed by atoms with van der Waals surface area (Å²) in [5.41, 5.74) is 0.775. The van der Waals surface area contributed by atoms with E-state index < -0.39 is 0 Å². The lowest BCUT2D eigenvalue weighted by Gasteiger charge is -2.38. The van der Waals surface area contributed by atoms with Crippen molar-refractivity contribution >= 4 is 11.8 Å². The summed E-state index contributed by atoms with van der Waals surface area (Å²) in [5.74, 6) is -0.439. The first-order valence-electron chi connectivity index (χ1n) is 6.95. The molecule has 21 heavy (non-hydrogen) atoms. The lowest BCUT2D eigenvalue weighted by molar-refractivity contribution is -0.136. The van der Waals surface area contributed by atoms with E-state index in [1.165, 1.54) is 12.1 Å². The molecule has 0 saturated carbocycles. The molecule has 0 bridgehead atoms. The number of piperazine rings is 1. The molecule has 6 heteroatoms. The molecule has 1 atom stereocenters. The highest BCUT2D eigenvalue weighted by Gasteiger charge is 2.31. The molecular formula is C15H20FN3O2. The van der Waals surface area contributed by atoms with E-state index in [4.69, 9.17) is 0 Å². The van der Waals surface area contributed by atoms with Crippen molar-refractivity contribution in [3.8, 4) is 0 Å². The van der Waals surface area contributed by atoms with E-state index in [9.17, 15) is 14.0 Å². The molecule has 5 nitrogen and oxygen atoms in total. The topological polar surface area (TPSA) is 52.7 Å². The van der Waals surface area contributed by atoms with Gasteiger partial charge in [-0.3, -0.25) is 14.5 Å². The van der Waals surface area contributed by atoms with Crippen LogP contribution in [0.2, 0.25) is 0 Å². The van der Waals surface area contributed by atoms with Gasteiger partial charge in [-0.15, -0.1) is 0 Å². The van der Waals surface area contributed by atoms with Crippen LogP contribution in [0.15, 0.2) is 24.3 Å². The number of hydrogen-bond donors (Lipinski definition) is 1. The van der Waals surface area contributed by atoms with Gasteiger partial charge in [0.15, 0.2) is 0 Å². The van der Waals surface area contributed by atoms with Crippen molar-refractivity contribution < 1.29 is 14.0 Å². The Balaban J connectivity index is 1.99. The zero-order valence-electron chi connectivity index (χ0n) is 12.3. The van der Waals surface area contributed by atoms with Gasteiger partial charge in [0, 0.05) is 26.7 Å². The predicted octanol–water partition coefficient (Wildman–Crippen LogP) is 0.257. The summed E-state index contributed by atoms with van der Waals surface area (Å²) in [6, 6.07) is 5.60. The van der Waals surface area contributed by atoms with Gasteiger partial charge < -0.3 is 10.2 Å². The SMILES string of the molecule is CNC(=O)C1CN(C(=O)Cc2ccc(F)cc2)CCN1C. The van der Waals surface area contributed by atoms with E-state index in [2.05, 4.69) is 5.32 Å². The van der Waals surface area contributed by atoms with Gasteiger partial charge >= 0.3 is 0 Å². The fourth-order valence-corrected chi connectivity index (χ4v) is 2.44. The monoisotopic (exact) mass is 293 g/mol. The van der Waals surface area contributed by atoms with Gasteiger partial charge in [0.2, 0.25) is 11.8 Å². The number of likely N-dealkylation sites (N-methyl/N-ethyl adjacent to an activating group) is 2. The van der Waals surface area contributed by atoms with Crippen LogP contribution >= 0.6 is 0 Å². The van der Waals surface area contributed by atoms with E-state index in [1.54, 1.807) is 24.1 Å². The Labute approximate surface area is 123 Å². The second-order valence-electron chi connectivity index (χ2n) is 5.25. The van der Waals surface area contributed by atoms with Crippen LogP contribution in [0.25, 0.3) is 0 Å². The molecule has 1 aliphatic heterocycles. The normalized spacial score (nSPS) is 19.4. The summed E-state index contributed by atoms with van der Waals surface area (Å²) in [6.45, 7) is 1.65. The molecule has 1 aliphatic rings. The molecule has 2 rings (SSSR count). The van der Waals surface area contributed by atoms with Crippen molar-refractivity contribution in [2.75, 3.05) is 33.7 Å². The molecule has 1 aromatic carbocycles. The molecule has 0 spiro atoms. The largest absolute Gasteiger partial charge is 0.358 e. The minimum Gasteiger partial charge on any atom is -0.358 e. The predicted molar refractivity (Wildman–Crippen MR) is 77.2 cm³/mol. The van der Waals surface area contributed by atoms with E-state index in [-0.39, 0.29) is 30.1 Å². The fourth-order valence-electron chi connectivity index (χ4n) is 2.44. The molecule has 114 valence electrons. The number of nitrogens with one attached hydrogen (secondary N) is 1. The van der Waals surface area contributed by atoms with Crippen LogP contribution in [-0.2, 0) is 16.0 Å². The third-order valence-electron chi connectivity index (χ3n) is 3.82. The Kier molecular flexibility index (Phi) is 4.90. The van der Waals surface area contributed by atoms with Gasteiger partial charge in [-0.2, -0.15) is 0 Å². The fraction of sp³-hybridized carbons (Fsp3) is 0.467. The Morgan fingerprint density at radius 3 is 2.57 bits per heavy atom. The molecule has 1 fully saturated rings. The third-order valence-corrected chi connectivity index (χ3v) is 3.82. The number of benzene rings is 1. The number of amides is 2. The summed E-state index contributed by atoms with van der Waals surface area (Å²) in [7, 11) is 3.47. The molecule has 1 unspecified atom stereocenters. The van der Waals surface area contributed by atoms with Crippen molar-refractivity contribution in [3.63, 3.8) is 0 Å². The Bertz CT molecular complexity index is 518. The lowest BCUT2D eigenvalue weighted by Crippen LogP contribution is -2.58. The van der Waals surface area contributed by atoms with E-state index in [0.717, 1.165) is 5.56 Å². The van der Waals surface area contributed by atoms with Gasteiger partial charge in [0.25, 0.3) is 0 Å². The van der Waals surface area contributed by atoms with Gasteiger partial charge in [0.1, 0.15) is 11.9 Å². The molecule has 2 amide bonds. The third kappa shape index (κ3) is 3.78. The van der Waals surface area contributed by atoms with Crippen LogP contribution in [0, 0.1) is 5.82 Å². The van der Waals surface area contributed by atoms with Crippen LogP contribution in [0.4, 0.5) is 4.39 Å². The van der Waals surface area contributed by atoms with Gasteiger partial charge in [-0.05, 0) is 24.7 Å². The summed E-state index contributed by atoms with van der Waals surface area (Å²) in [6.07, 6.45) is 0.227. The average Bonchev–Trinajstić information content (AvgIpc) is 2.49. The van der Waals surface area contributed by atoms with Gasteiger partial charge in [-0.1, -0.05) is 12.1 Å². The molecule has 1 N–H and O–H groups in total. The quantitative estimate of drug-likeness (QED) is 0.869. The standard InChI is InChI=1S/C15H20FN3O2/c1-17-15(21)13-10-19(8-7-18(13)2)14(20)9-11-3-5-12(16)6-4-11/h3-6,13H,7-10H2,1-2H3,(H,17,21). The molecule has 0 aromatic heterocycles. The molecule has 0 radical (unpaired) electrons. The van der Waals surface area contributed by atoms with E-state index in [0.29, 0.717) is 19.6 Å². The number of nitrogens with zero attached hydrogens (tertiary/aromatic N) is 2. The van der Waals surface area contributed by atoms with Crippen LogP contribution in [-0.4, -0.2) is 61.4 Å². The second-order valence-corrected chi connectivity index (χ2v) is 5.25. The highest BCUT2D eigenvalue weighted by Crippen LogP contribution is 2.11. The number of hydrogen-bond acceptors (Lipinski definition) is 3. The molecular weight excluding hydrogens is 273 g/mol. The molecule has 1 heterocycles. The highest BCUT2D eigenvalue weighted by atomic mass is 19.1. The second kappa shape index (κ2) is 6.67. The van der Waals surface area contributed by atoms with Gasteiger partial charge in [-0.25, -0.2) is 4.39 Å². The first kappa shape index (κ1) is 15.4. The lowest BCUT2D eigenvalue weighted by atomic mass is 10.1. The van der Waals surface area contributed by atoms with Crippen LogP contribution in [0.1, 0.15) is 5.56 Å². The smallest absolute Gasteiger partial charge is 0.238 e. The Hall–Kier alpha value is -1.95. The van der Waals surface area contributed by atoms with Crippen molar-refractivity contribution in [2.45, 2.75) is 12.5 Å². The summed E-state index contributed by atoms with van der Waals surface area (Å²) in [4.78, 5) is 27.7. The van der Waals surface area contributed by atoms with Crippen molar-refractivity contribution in [1.82, 2.24) is 15.1 Å². The van der Waals surface area contributed by atoms with Crippen LogP contribution < -0.4 is 5.32 Å². The number of rotatable bonds is 3. The zero-order chi connectivity index (χ0) is 15.4. The minimum atomic E-state index is -0.319. The first-order chi connectivity index (χ1) is 10.0. The maximum absolute atomic E-state index is 12.9. The molecule has 0 aliphatic carbocycles. The summed E-state index contributed by atoms with van der Waals surface area (Å²) in [5, 5.41) is 2.62. The van der Waals surface area contributed by atoms with E-state index >= 15 is 0 Å². The van der Waals surface area contributed by atoms with Crippen LogP contribution in [0.5, 0.6) is 0 Å². The number of halogens is 1. The average molecular weight is 293 g/mol. The van der Waals surface area contributed by atoms with Crippen molar-refractivity contribution in [3.05, 3.63) is 35.6 Å². The highest BCUT2D eigenvalue weighted by molar-refractivity contribution is 5.84. The molecule has 1 aromatic rings. The Morgan fingerprint density at radius 1 is 1.29 bits per heavy atom. The summed E-state index contributed by atoms with van der Waals surface area (Å²) >= 11 is 0. The number of carbonyl (C=O) groups is 2. The Morgan fingerprint density at radius 2 is 1.95 bits per heavy atom. The zero-order valence-corrected chi connectivity index (χ0v) is 12.3.